The van der Waals surface area contributed by atoms with Gasteiger partial charge in [0.15, 0.2) is 12.5 Å². The van der Waals surface area contributed by atoms with Crippen LogP contribution in [-0.2, 0) is 4.79 Å². The van der Waals surface area contributed by atoms with Crippen LogP contribution in [0.2, 0.25) is 0 Å². The van der Waals surface area contributed by atoms with Gasteiger partial charge in [0.1, 0.15) is 0 Å². The topological polar surface area (TPSA) is 50.2 Å². The fourth-order valence-electron chi connectivity index (χ4n) is 2.17. The lowest BCUT2D eigenvalue weighted by Crippen LogP contribution is -2.51. The molecule has 0 bridgehead atoms. The summed E-state index contributed by atoms with van der Waals surface area (Å²) in [6.45, 7) is 6.14. The molecule has 1 fully saturated rings. The second-order valence-electron chi connectivity index (χ2n) is 4.30. The number of halogens is 1. The Balaban J connectivity index is 2.26. The van der Waals surface area contributed by atoms with Crippen molar-refractivity contribution in [2.45, 2.75) is 25.5 Å². The summed E-state index contributed by atoms with van der Waals surface area (Å²) >= 11 is 6.23. The van der Waals surface area contributed by atoms with Gasteiger partial charge in [0.2, 0.25) is 0 Å². The minimum absolute atomic E-state index is 0.178. The SMILES string of the molecule is Cc1cc(C)n(C(C=O)N2CCNCC2Cl)n1. The highest BCUT2D eigenvalue weighted by atomic mass is 35.5. The van der Waals surface area contributed by atoms with E-state index in [9.17, 15) is 4.79 Å². The maximum absolute atomic E-state index is 11.3. The zero-order valence-corrected chi connectivity index (χ0v) is 10.8. The fraction of sp³-hybridized carbons (Fsp3) is 0.636. The summed E-state index contributed by atoms with van der Waals surface area (Å²) in [6.07, 6.45) is 0.494. The van der Waals surface area contributed by atoms with E-state index in [0.29, 0.717) is 6.54 Å². The van der Waals surface area contributed by atoms with Gasteiger partial charge in [-0.1, -0.05) is 0 Å². The van der Waals surface area contributed by atoms with Gasteiger partial charge in [-0.25, -0.2) is 4.68 Å². The van der Waals surface area contributed by atoms with Crippen molar-refractivity contribution in [1.29, 1.82) is 0 Å². The predicted octanol–water partition coefficient (Wildman–Crippen LogP) is 0.668. The first-order chi connectivity index (χ1) is 8.13. The van der Waals surface area contributed by atoms with E-state index in [1.807, 2.05) is 24.8 Å². The number of piperazine rings is 1. The van der Waals surface area contributed by atoms with Crippen molar-refractivity contribution < 1.29 is 4.79 Å². The molecule has 1 aliphatic rings. The van der Waals surface area contributed by atoms with Crippen LogP contribution in [-0.4, -0.2) is 46.1 Å². The first-order valence-corrected chi connectivity index (χ1v) is 6.15. The quantitative estimate of drug-likeness (QED) is 0.491. The van der Waals surface area contributed by atoms with Gasteiger partial charge in [0.25, 0.3) is 0 Å². The standard InChI is InChI=1S/C11H17ClN4O/c1-8-5-9(2)16(14-8)11(7-17)15-4-3-13-6-10(15)12/h5,7,10-11,13H,3-4,6H2,1-2H3. The lowest BCUT2D eigenvalue weighted by atomic mass is 10.3. The highest BCUT2D eigenvalue weighted by molar-refractivity contribution is 6.20. The summed E-state index contributed by atoms with van der Waals surface area (Å²) in [4.78, 5) is 13.3. The van der Waals surface area contributed by atoms with Crippen molar-refractivity contribution in [2.75, 3.05) is 19.6 Å². The number of hydrogen-bond acceptors (Lipinski definition) is 4. The van der Waals surface area contributed by atoms with Crippen LogP contribution in [0.15, 0.2) is 6.07 Å². The van der Waals surface area contributed by atoms with Crippen molar-refractivity contribution >= 4 is 17.9 Å². The van der Waals surface area contributed by atoms with E-state index >= 15 is 0 Å². The molecule has 1 aliphatic heterocycles. The molecule has 5 nitrogen and oxygen atoms in total. The Kier molecular flexibility index (Phi) is 3.81. The van der Waals surface area contributed by atoms with Crippen LogP contribution in [0, 0.1) is 13.8 Å². The molecule has 1 N–H and O–H groups in total. The highest BCUT2D eigenvalue weighted by Gasteiger charge is 2.29. The summed E-state index contributed by atoms with van der Waals surface area (Å²) in [5.74, 6) is 0. The van der Waals surface area contributed by atoms with Crippen LogP contribution in [0.25, 0.3) is 0 Å². The predicted molar refractivity (Wildman–Crippen MR) is 66.0 cm³/mol. The third-order valence-electron chi connectivity index (χ3n) is 2.98. The van der Waals surface area contributed by atoms with E-state index in [-0.39, 0.29) is 5.50 Å². The zero-order valence-electron chi connectivity index (χ0n) is 10.1. The van der Waals surface area contributed by atoms with Gasteiger partial charge in [-0.05, 0) is 19.9 Å². The third-order valence-corrected chi connectivity index (χ3v) is 3.38. The number of nitrogens with one attached hydrogen (secondary N) is 1. The third kappa shape index (κ3) is 2.51. The molecule has 0 spiro atoms. The normalized spacial score (nSPS) is 23.6. The van der Waals surface area contributed by atoms with E-state index in [4.69, 9.17) is 11.6 Å². The first-order valence-electron chi connectivity index (χ1n) is 5.72. The molecule has 0 aromatic carbocycles. The maximum Gasteiger partial charge on any atom is 0.161 e. The van der Waals surface area contributed by atoms with Crippen LogP contribution in [0.1, 0.15) is 17.6 Å². The van der Waals surface area contributed by atoms with E-state index in [2.05, 4.69) is 10.4 Å². The number of alkyl halides is 1. The summed E-state index contributed by atoms with van der Waals surface area (Å²) in [7, 11) is 0. The highest BCUT2D eigenvalue weighted by Crippen LogP contribution is 2.20. The Morgan fingerprint density at radius 1 is 1.65 bits per heavy atom. The molecule has 0 aliphatic carbocycles. The van der Waals surface area contributed by atoms with Gasteiger partial charge in [0, 0.05) is 25.3 Å². The van der Waals surface area contributed by atoms with E-state index < -0.39 is 6.17 Å². The van der Waals surface area contributed by atoms with Crippen LogP contribution in [0.3, 0.4) is 0 Å². The van der Waals surface area contributed by atoms with Gasteiger partial charge >= 0.3 is 0 Å². The van der Waals surface area contributed by atoms with Crippen molar-refractivity contribution in [3.05, 3.63) is 17.5 Å². The number of carbonyl (C=O) groups is 1. The minimum atomic E-state index is -0.409. The summed E-state index contributed by atoms with van der Waals surface area (Å²) < 4.78 is 1.74. The van der Waals surface area contributed by atoms with Crippen LogP contribution >= 0.6 is 11.6 Å². The van der Waals surface area contributed by atoms with E-state index in [1.165, 1.54) is 0 Å². The largest absolute Gasteiger partial charge is 0.313 e. The molecule has 2 heterocycles. The molecule has 2 atom stereocenters. The van der Waals surface area contributed by atoms with Gasteiger partial charge in [0.05, 0.1) is 11.2 Å². The fourth-order valence-corrected chi connectivity index (χ4v) is 2.50. The van der Waals surface area contributed by atoms with E-state index in [0.717, 1.165) is 30.8 Å². The minimum Gasteiger partial charge on any atom is -0.313 e. The van der Waals surface area contributed by atoms with Gasteiger partial charge in [-0.15, -0.1) is 11.6 Å². The van der Waals surface area contributed by atoms with Crippen LogP contribution in [0.4, 0.5) is 0 Å². The smallest absolute Gasteiger partial charge is 0.161 e. The molecule has 1 aromatic heterocycles. The zero-order chi connectivity index (χ0) is 12.4. The van der Waals surface area contributed by atoms with Gasteiger partial charge < -0.3 is 5.32 Å². The van der Waals surface area contributed by atoms with Crippen molar-refractivity contribution in [1.82, 2.24) is 20.0 Å². The molecular weight excluding hydrogens is 240 g/mol. The van der Waals surface area contributed by atoms with Crippen molar-refractivity contribution in [3.8, 4) is 0 Å². The van der Waals surface area contributed by atoms with E-state index in [1.54, 1.807) is 4.68 Å². The molecule has 2 unspecified atom stereocenters. The Labute approximate surface area is 106 Å². The number of nitrogens with zero attached hydrogens (tertiary/aromatic N) is 3. The molecule has 0 saturated carbocycles. The average molecular weight is 257 g/mol. The molecule has 6 heteroatoms. The van der Waals surface area contributed by atoms with Crippen molar-refractivity contribution in [2.24, 2.45) is 0 Å². The Morgan fingerprint density at radius 3 is 2.94 bits per heavy atom. The van der Waals surface area contributed by atoms with Gasteiger partial charge in [-0.3, -0.25) is 9.69 Å². The number of hydrogen-bond donors (Lipinski definition) is 1. The second kappa shape index (κ2) is 5.16. The molecule has 2 rings (SSSR count). The first kappa shape index (κ1) is 12.5. The molecular formula is C11H17ClN4O. The average Bonchev–Trinajstić information content (AvgIpc) is 2.62. The molecule has 1 saturated heterocycles. The molecule has 0 radical (unpaired) electrons. The summed E-state index contributed by atoms with van der Waals surface area (Å²) in [5, 5.41) is 7.55. The number of carbonyl (C=O) groups excluding carboxylic acids is 1. The molecule has 17 heavy (non-hydrogen) atoms. The Morgan fingerprint density at radius 2 is 2.41 bits per heavy atom. The Bertz CT molecular complexity index is 406. The lowest BCUT2D eigenvalue weighted by molar-refractivity contribution is -0.116. The molecule has 94 valence electrons. The molecule has 1 aromatic rings. The maximum atomic E-state index is 11.3. The summed E-state index contributed by atoms with van der Waals surface area (Å²) in [5.41, 5.74) is 1.71. The summed E-state index contributed by atoms with van der Waals surface area (Å²) in [6, 6.07) is 1.96. The molecule has 0 amide bonds. The van der Waals surface area contributed by atoms with Crippen molar-refractivity contribution in [3.63, 3.8) is 0 Å². The van der Waals surface area contributed by atoms with Crippen LogP contribution in [0.5, 0.6) is 0 Å². The number of aromatic nitrogens is 2. The number of aryl methyl sites for hydroxylation is 2. The monoisotopic (exact) mass is 256 g/mol. The van der Waals surface area contributed by atoms with Crippen LogP contribution < -0.4 is 5.32 Å². The lowest BCUT2D eigenvalue weighted by Gasteiger charge is -2.36. The second-order valence-corrected chi connectivity index (χ2v) is 4.80. The number of aldehydes is 1. The number of rotatable bonds is 3. The van der Waals surface area contributed by atoms with Gasteiger partial charge in [-0.2, -0.15) is 5.10 Å². The Hall–Kier alpha value is -0.910.